The zero-order chi connectivity index (χ0) is 19.6. The lowest BCUT2D eigenvalue weighted by molar-refractivity contribution is -0.122. The summed E-state index contributed by atoms with van der Waals surface area (Å²) in [5.41, 5.74) is 0.562. The molecular weight excluding hydrogens is 346 g/mol. The predicted octanol–water partition coefficient (Wildman–Crippen LogP) is 3.06. The number of nitrogens with one attached hydrogen (secondary N) is 2. The van der Waals surface area contributed by atoms with Gasteiger partial charge in [-0.15, -0.1) is 0 Å². The summed E-state index contributed by atoms with van der Waals surface area (Å²) in [4.78, 5) is 39.6. The quantitative estimate of drug-likeness (QED) is 0.834. The molecular formula is C20H27N3O4. The molecule has 1 atom stereocenters. The van der Waals surface area contributed by atoms with Crippen LogP contribution in [-0.2, 0) is 14.3 Å². The highest BCUT2D eigenvalue weighted by molar-refractivity contribution is 6.07. The summed E-state index contributed by atoms with van der Waals surface area (Å²) >= 11 is 0. The van der Waals surface area contributed by atoms with Gasteiger partial charge in [-0.05, 0) is 45.7 Å². The Morgan fingerprint density at radius 3 is 2.52 bits per heavy atom. The van der Waals surface area contributed by atoms with Gasteiger partial charge in [0.25, 0.3) is 0 Å². The minimum Gasteiger partial charge on any atom is -0.444 e. The van der Waals surface area contributed by atoms with Crippen LogP contribution in [0.2, 0.25) is 0 Å². The Labute approximate surface area is 159 Å². The predicted molar refractivity (Wildman–Crippen MR) is 103 cm³/mol. The van der Waals surface area contributed by atoms with Gasteiger partial charge < -0.3 is 20.3 Å². The number of hydrogen-bond acceptors (Lipinski definition) is 4. The Balaban J connectivity index is 1.84. The van der Waals surface area contributed by atoms with Crippen LogP contribution in [0.15, 0.2) is 24.3 Å². The second-order valence-corrected chi connectivity index (χ2v) is 8.14. The number of para-hydroxylation sites is 2. The first-order valence-corrected chi connectivity index (χ1v) is 9.45. The van der Waals surface area contributed by atoms with Crippen LogP contribution in [0.25, 0.3) is 0 Å². The largest absolute Gasteiger partial charge is 0.444 e. The van der Waals surface area contributed by atoms with E-state index in [0.29, 0.717) is 11.4 Å². The van der Waals surface area contributed by atoms with Gasteiger partial charge >= 0.3 is 6.09 Å². The highest BCUT2D eigenvalue weighted by atomic mass is 16.6. The molecule has 146 valence electrons. The van der Waals surface area contributed by atoms with Crippen LogP contribution in [0.5, 0.6) is 0 Å². The van der Waals surface area contributed by atoms with E-state index in [4.69, 9.17) is 4.74 Å². The normalized spacial score (nSPS) is 20.5. The molecule has 1 aliphatic carbocycles. The summed E-state index contributed by atoms with van der Waals surface area (Å²) in [7, 11) is 0. The third-order valence-corrected chi connectivity index (χ3v) is 4.80. The highest BCUT2D eigenvalue weighted by Crippen LogP contribution is 2.33. The standard InChI is InChI=1S/C20H27N3O4/c1-20(2,3)27-19(26)22-15-12-23(18(25)13-8-4-5-9-13)16-11-7-6-10-14(16)21-17(15)24/h6-7,10-11,13,15H,4-5,8-9,12H2,1-3H3,(H,21,24)(H,22,26). The van der Waals surface area contributed by atoms with Crippen molar-refractivity contribution in [3.63, 3.8) is 0 Å². The van der Waals surface area contributed by atoms with Crippen molar-refractivity contribution in [3.05, 3.63) is 24.3 Å². The summed E-state index contributed by atoms with van der Waals surface area (Å²) in [6.07, 6.45) is 3.14. The van der Waals surface area contributed by atoms with Gasteiger partial charge in [0.05, 0.1) is 17.9 Å². The summed E-state index contributed by atoms with van der Waals surface area (Å²) in [6.45, 7) is 5.35. The van der Waals surface area contributed by atoms with Gasteiger partial charge in [0.1, 0.15) is 11.6 Å². The monoisotopic (exact) mass is 373 g/mol. The first kappa shape index (κ1) is 19.2. The summed E-state index contributed by atoms with van der Waals surface area (Å²) in [5, 5.41) is 5.42. The molecule has 0 bridgehead atoms. The molecule has 0 saturated heterocycles. The number of hydrogen-bond donors (Lipinski definition) is 2. The maximum absolute atomic E-state index is 13.1. The molecule has 1 unspecified atom stereocenters. The second kappa shape index (κ2) is 7.58. The van der Waals surface area contributed by atoms with Gasteiger partial charge in [0, 0.05) is 5.92 Å². The number of amides is 3. The maximum atomic E-state index is 13.1. The molecule has 3 rings (SSSR count). The number of benzene rings is 1. The Hall–Kier alpha value is -2.57. The molecule has 1 aliphatic heterocycles. The summed E-state index contributed by atoms with van der Waals surface area (Å²) < 4.78 is 5.27. The average Bonchev–Trinajstić information content (AvgIpc) is 3.07. The van der Waals surface area contributed by atoms with Crippen LogP contribution >= 0.6 is 0 Å². The zero-order valence-electron chi connectivity index (χ0n) is 16.1. The summed E-state index contributed by atoms with van der Waals surface area (Å²) in [6, 6.07) is 6.33. The number of nitrogens with zero attached hydrogens (tertiary/aromatic N) is 1. The molecule has 27 heavy (non-hydrogen) atoms. The topological polar surface area (TPSA) is 87.7 Å². The fraction of sp³-hybridized carbons (Fsp3) is 0.550. The van der Waals surface area contributed by atoms with E-state index in [2.05, 4.69) is 10.6 Å². The van der Waals surface area contributed by atoms with Crippen LogP contribution in [-0.4, -0.2) is 36.1 Å². The molecule has 7 nitrogen and oxygen atoms in total. The van der Waals surface area contributed by atoms with E-state index in [1.54, 1.807) is 37.8 Å². The van der Waals surface area contributed by atoms with E-state index in [1.807, 2.05) is 12.1 Å². The van der Waals surface area contributed by atoms with Crippen LogP contribution in [0.4, 0.5) is 16.2 Å². The highest BCUT2D eigenvalue weighted by Gasteiger charge is 2.36. The molecule has 1 heterocycles. The molecule has 2 aliphatic rings. The molecule has 3 amide bonds. The molecule has 1 aromatic rings. The fourth-order valence-corrected chi connectivity index (χ4v) is 3.56. The van der Waals surface area contributed by atoms with Crippen molar-refractivity contribution >= 4 is 29.3 Å². The number of carbonyl (C=O) groups excluding carboxylic acids is 3. The first-order valence-electron chi connectivity index (χ1n) is 9.45. The zero-order valence-corrected chi connectivity index (χ0v) is 16.1. The maximum Gasteiger partial charge on any atom is 0.408 e. The number of anilines is 2. The Bertz CT molecular complexity index is 735. The SMILES string of the molecule is CC(C)(C)OC(=O)NC1CN(C(=O)C2CCCC2)c2ccccc2NC1=O. The molecule has 1 fully saturated rings. The fourth-order valence-electron chi connectivity index (χ4n) is 3.56. The lowest BCUT2D eigenvalue weighted by Gasteiger charge is -2.28. The van der Waals surface area contributed by atoms with Crippen molar-refractivity contribution in [1.29, 1.82) is 0 Å². The smallest absolute Gasteiger partial charge is 0.408 e. The molecule has 7 heteroatoms. The van der Waals surface area contributed by atoms with Crippen molar-refractivity contribution in [2.24, 2.45) is 5.92 Å². The van der Waals surface area contributed by atoms with Crippen LogP contribution in [0.1, 0.15) is 46.5 Å². The van der Waals surface area contributed by atoms with Gasteiger partial charge in [0.2, 0.25) is 11.8 Å². The number of rotatable bonds is 2. The van der Waals surface area contributed by atoms with Gasteiger partial charge in [-0.1, -0.05) is 25.0 Å². The Morgan fingerprint density at radius 1 is 1.19 bits per heavy atom. The summed E-state index contributed by atoms with van der Waals surface area (Å²) in [5.74, 6) is -0.393. The van der Waals surface area contributed by atoms with E-state index in [-0.39, 0.29) is 24.3 Å². The average molecular weight is 373 g/mol. The molecule has 1 aromatic carbocycles. The van der Waals surface area contributed by atoms with Crippen LogP contribution in [0.3, 0.4) is 0 Å². The van der Waals surface area contributed by atoms with E-state index in [9.17, 15) is 14.4 Å². The van der Waals surface area contributed by atoms with E-state index < -0.39 is 17.7 Å². The van der Waals surface area contributed by atoms with Crippen molar-refractivity contribution in [1.82, 2.24) is 5.32 Å². The first-order chi connectivity index (χ1) is 12.7. The molecule has 0 aromatic heterocycles. The molecule has 2 N–H and O–H groups in total. The van der Waals surface area contributed by atoms with Gasteiger partial charge in [-0.25, -0.2) is 4.79 Å². The van der Waals surface area contributed by atoms with Crippen molar-refractivity contribution in [3.8, 4) is 0 Å². The molecule has 0 spiro atoms. The van der Waals surface area contributed by atoms with Crippen molar-refractivity contribution in [2.45, 2.75) is 58.1 Å². The Morgan fingerprint density at radius 2 is 1.85 bits per heavy atom. The lowest BCUT2D eigenvalue weighted by Crippen LogP contribution is -2.52. The third-order valence-electron chi connectivity index (χ3n) is 4.80. The number of ether oxygens (including phenoxy) is 1. The third kappa shape index (κ3) is 4.59. The van der Waals surface area contributed by atoms with Gasteiger partial charge in [-0.2, -0.15) is 0 Å². The minimum atomic E-state index is -0.891. The van der Waals surface area contributed by atoms with Crippen LogP contribution in [0, 0.1) is 5.92 Å². The second-order valence-electron chi connectivity index (χ2n) is 8.14. The number of alkyl carbamates (subject to hydrolysis) is 1. The van der Waals surface area contributed by atoms with E-state index in [0.717, 1.165) is 25.7 Å². The van der Waals surface area contributed by atoms with Gasteiger partial charge in [0.15, 0.2) is 0 Å². The van der Waals surface area contributed by atoms with E-state index in [1.165, 1.54) is 0 Å². The van der Waals surface area contributed by atoms with E-state index >= 15 is 0 Å². The van der Waals surface area contributed by atoms with Crippen molar-refractivity contribution < 1.29 is 19.1 Å². The minimum absolute atomic E-state index is 0.00689. The van der Waals surface area contributed by atoms with Crippen LogP contribution < -0.4 is 15.5 Å². The van der Waals surface area contributed by atoms with Gasteiger partial charge in [-0.3, -0.25) is 9.59 Å². The van der Waals surface area contributed by atoms with Crippen molar-refractivity contribution in [2.75, 3.05) is 16.8 Å². The number of carbonyl (C=O) groups is 3. The Kier molecular flexibility index (Phi) is 5.39. The number of fused-ring (bicyclic) bond motifs is 1. The lowest BCUT2D eigenvalue weighted by atomic mass is 10.1. The molecule has 1 saturated carbocycles. The molecule has 0 radical (unpaired) electrons.